The summed E-state index contributed by atoms with van der Waals surface area (Å²) in [4.78, 5) is 0. The van der Waals surface area contributed by atoms with Crippen molar-refractivity contribution >= 4 is 0 Å². The molecule has 1 aromatic carbocycles. The van der Waals surface area contributed by atoms with Crippen LogP contribution in [0.2, 0.25) is 0 Å². The molecule has 0 aliphatic carbocycles. The summed E-state index contributed by atoms with van der Waals surface area (Å²) in [5.41, 5.74) is 4.69. The normalized spacial score (nSPS) is 13.8. The Morgan fingerprint density at radius 3 is 2.82 bits per heavy atom. The Labute approximate surface area is 98.8 Å². The first-order chi connectivity index (χ1) is 7.96. The average molecular weight is 240 g/mol. The number of rotatable bonds is 5. The van der Waals surface area contributed by atoms with Gasteiger partial charge < -0.3 is 10.5 Å². The SMILES string of the molecule is CC(N)(C#N)CCCOc1cccc(F)c1F. The van der Waals surface area contributed by atoms with Gasteiger partial charge in [-0.15, -0.1) is 0 Å². The van der Waals surface area contributed by atoms with Crippen LogP contribution >= 0.6 is 0 Å². The molecule has 0 aromatic heterocycles. The molecule has 0 aliphatic rings. The third-order valence-electron chi connectivity index (χ3n) is 2.27. The summed E-state index contributed by atoms with van der Waals surface area (Å²) < 4.78 is 31.0. The van der Waals surface area contributed by atoms with Crippen LogP contribution < -0.4 is 10.5 Å². The zero-order valence-electron chi connectivity index (χ0n) is 9.54. The average Bonchev–Trinajstić information content (AvgIpc) is 2.30. The second kappa shape index (κ2) is 5.60. The summed E-state index contributed by atoms with van der Waals surface area (Å²) in [6.45, 7) is 1.80. The molecule has 1 aromatic rings. The molecule has 0 spiro atoms. The largest absolute Gasteiger partial charge is 0.490 e. The standard InChI is InChI=1S/C12H14F2N2O/c1-12(16,8-15)6-3-7-17-10-5-2-4-9(13)11(10)14/h2,4-5H,3,6-7,16H2,1H3. The second-order valence-electron chi connectivity index (χ2n) is 4.03. The highest BCUT2D eigenvalue weighted by Gasteiger charge is 2.16. The molecule has 1 unspecified atom stereocenters. The number of halogens is 2. The van der Waals surface area contributed by atoms with E-state index in [1.807, 2.05) is 6.07 Å². The van der Waals surface area contributed by atoms with E-state index in [1.165, 1.54) is 12.1 Å². The maximum Gasteiger partial charge on any atom is 0.200 e. The van der Waals surface area contributed by atoms with Crippen molar-refractivity contribution in [3.05, 3.63) is 29.8 Å². The van der Waals surface area contributed by atoms with Crippen molar-refractivity contribution in [1.82, 2.24) is 0 Å². The van der Waals surface area contributed by atoms with Crippen LogP contribution in [0.4, 0.5) is 8.78 Å². The number of nitrogens with zero attached hydrogens (tertiary/aromatic N) is 1. The van der Waals surface area contributed by atoms with Gasteiger partial charge in [0.25, 0.3) is 0 Å². The van der Waals surface area contributed by atoms with E-state index < -0.39 is 17.2 Å². The van der Waals surface area contributed by atoms with Crippen LogP contribution in [-0.2, 0) is 0 Å². The summed E-state index contributed by atoms with van der Waals surface area (Å²) in [7, 11) is 0. The van der Waals surface area contributed by atoms with E-state index in [-0.39, 0.29) is 12.4 Å². The van der Waals surface area contributed by atoms with Gasteiger partial charge in [-0.25, -0.2) is 4.39 Å². The lowest BCUT2D eigenvalue weighted by Gasteiger charge is -2.15. The molecule has 0 aliphatic heterocycles. The molecule has 2 N–H and O–H groups in total. The molecule has 1 atom stereocenters. The van der Waals surface area contributed by atoms with Gasteiger partial charge in [-0.3, -0.25) is 0 Å². The number of nitrogens with two attached hydrogens (primary N) is 1. The van der Waals surface area contributed by atoms with E-state index in [4.69, 9.17) is 15.7 Å². The maximum atomic E-state index is 13.2. The summed E-state index contributed by atoms with van der Waals surface area (Å²) in [5, 5.41) is 8.67. The highest BCUT2D eigenvalue weighted by molar-refractivity contribution is 5.24. The van der Waals surface area contributed by atoms with Crippen molar-refractivity contribution < 1.29 is 13.5 Å². The molecule has 0 heterocycles. The molecule has 17 heavy (non-hydrogen) atoms. The Balaban J connectivity index is 2.42. The van der Waals surface area contributed by atoms with Crippen LogP contribution in [0.15, 0.2) is 18.2 Å². The number of hydrogen-bond donors (Lipinski definition) is 1. The van der Waals surface area contributed by atoms with Gasteiger partial charge in [0.1, 0.15) is 5.54 Å². The summed E-state index contributed by atoms with van der Waals surface area (Å²) in [5.74, 6) is -2.06. The molecule has 0 fully saturated rings. The third-order valence-corrected chi connectivity index (χ3v) is 2.27. The number of hydrogen-bond acceptors (Lipinski definition) is 3. The topological polar surface area (TPSA) is 59.0 Å². The molecule has 5 heteroatoms. The van der Waals surface area contributed by atoms with Crippen LogP contribution in [0.1, 0.15) is 19.8 Å². The molecule has 0 bridgehead atoms. The van der Waals surface area contributed by atoms with Crippen molar-refractivity contribution in [2.45, 2.75) is 25.3 Å². The quantitative estimate of drug-likeness (QED) is 0.804. The van der Waals surface area contributed by atoms with Gasteiger partial charge in [0, 0.05) is 0 Å². The second-order valence-corrected chi connectivity index (χ2v) is 4.03. The van der Waals surface area contributed by atoms with E-state index in [1.54, 1.807) is 6.92 Å². The Morgan fingerprint density at radius 2 is 2.18 bits per heavy atom. The smallest absolute Gasteiger partial charge is 0.200 e. The summed E-state index contributed by atoms with van der Waals surface area (Å²) in [6, 6.07) is 5.69. The zero-order valence-corrected chi connectivity index (χ0v) is 9.54. The number of benzene rings is 1. The molecule has 0 saturated heterocycles. The van der Waals surface area contributed by atoms with Crippen LogP contribution in [-0.4, -0.2) is 12.1 Å². The highest BCUT2D eigenvalue weighted by Crippen LogP contribution is 2.19. The fourth-order valence-corrected chi connectivity index (χ4v) is 1.27. The van der Waals surface area contributed by atoms with E-state index in [9.17, 15) is 8.78 Å². The van der Waals surface area contributed by atoms with E-state index >= 15 is 0 Å². The van der Waals surface area contributed by atoms with Crippen molar-refractivity contribution in [1.29, 1.82) is 5.26 Å². The monoisotopic (exact) mass is 240 g/mol. The molecule has 0 radical (unpaired) electrons. The van der Waals surface area contributed by atoms with Crippen molar-refractivity contribution in [3.63, 3.8) is 0 Å². The van der Waals surface area contributed by atoms with Gasteiger partial charge in [0.2, 0.25) is 5.82 Å². The highest BCUT2D eigenvalue weighted by atomic mass is 19.2. The summed E-state index contributed by atoms with van der Waals surface area (Å²) in [6.07, 6.45) is 0.928. The summed E-state index contributed by atoms with van der Waals surface area (Å²) >= 11 is 0. The van der Waals surface area contributed by atoms with Gasteiger partial charge in [0.15, 0.2) is 11.6 Å². The van der Waals surface area contributed by atoms with Crippen molar-refractivity contribution in [3.8, 4) is 11.8 Å². The Bertz CT molecular complexity index is 427. The minimum Gasteiger partial charge on any atom is -0.490 e. The van der Waals surface area contributed by atoms with Gasteiger partial charge >= 0.3 is 0 Å². The van der Waals surface area contributed by atoms with Gasteiger partial charge in [-0.1, -0.05) is 6.07 Å². The number of ether oxygens (including phenoxy) is 1. The molecule has 0 amide bonds. The first kappa shape index (κ1) is 13.4. The van der Waals surface area contributed by atoms with Crippen LogP contribution in [0.3, 0.4) is 0 Å². The van der Waals surface area contributed by atoms with E-state index in [2.05, 4.69) is 0 Å². The molecule has 92 valence electrons. The predicted molar refractivity (Wildman–Crippen MR) is 59.3 cm³/mol. The Hall–Kier alpha value is -1.67. The van der Waals surface area contributed by atoms with Crippen LogP contribution in [0, 0.1) is 23.0 Å². The van der Waals surface area contributed by atoms with Crippen LogP contribution in [0.25, 0.3) is 0 Å². The fraction of sp³-hybridized carbons (Fsp3) is 0.417. The molecule has 0 saturated carbocycles. The first-order valence-electron chi connectivity index (χ1n) is 5.23. The van der Waals surface area contributed by atoms with E-state index in [0.29, 0.717) is 12.8 Å². The first-order valence-corrected chi connectivity index (χ1v) is 5.23. The molecular formula is C12H14F2N2O. The fourth-order valence-electron chi connectivity index (χ4n) is 1.27. The van der Waals surface area contributed by atoms with Gasteiger partial charge in [-0.2, -0.15) is 9.65 Å². The lowest BCUT2D eigenvalue weighted by Crippen LogP contribution is -2.34. The lowest BCUT2D eigenvalue weighted by molar-refractivity contribution is 0.278. The molecular weight excluding hydrogens is 226 g/mol. The third kappa shape index (κ3) is 4.00. The minimum atomic E-state index is -0.997. The van der Waals surface area contributed by atoms with Gasteiger partial charge in [-0.05, 0) is 31.9 Å². The molecule has 3 nitrogen and oxygen atoms in total. The zero-order chi connectivity index (χ0) is 12.9. The van der Waals surface area contributed by atoms with Crippen molar-refractivity contribution in [2.24, 2.45) is 5.73 Å². The lowest BCUT2D eigenvalue weighted by atomic mass is 10.00. The molecule has 1 rings (SSSR count). The Kier molecular flexibility index (Phi) is 4.41. The van der Waals surface area contributed by atoms with E-state index in [0.717, 1.165) is 6.07 Å². The van der Waals surface area contributed by atoms with Crippen molar-refractivity contribution in [2.75, 3.05) is 6.61 Å². The predicted octanol–water partition coefficient (Wildman–Crippen LogP) is 2.36. The Morgan fingerprint density at radius 1 is 1.47 bits per heavy atom. The van der Waals surface area contributed by atoms with Gasteiger partial charge in [0.05, 0.1) is 12.7 Å². The van der Waals surface area contributed by atoms with Crippen LogP contribution in [0.5, 0.6) is 5.75 Å². The minimum absolute atomic E-state index is 0.124. The maximum absolute atomic E-state index is 13.2. The number of nitriles is 1.